The molecular formula is C13H15F4NO. The van der Waals surface area contributed by atoms with Crippen molar-refractivity contribution < 1.29 is 22.7 Å². The summed E-state index contributed by atoms with van der Waals surface area (Å²) in [5.74, 6) is -0.458. The molecule has 1 aliphatic carbocycles. The number of nitrogens with one attached hydrogen (secondary N) is 1. The second-order valence-corrected chi connectivity index (χ2v) is 4.87. The summed E-state index contributed by atoms with van der Waals surface area (Å²) >= 11 is 0. The largest absolute Gasteiger partial charge is 0.419 e. The second-order valence-electron chi connectivity index (χ2n) is 4.87. The van der Waals surface area contributed by atoms with Crippen molar-refractivity contribution in [1.82, 2.24) is 0 Å². The zero-order valence-electron chi connectivity index (χ0n) is 10.2. The number of benzene rings is 1. The molecule has 0 spiro atoms. The second kappa shape index (κ2) is 5.00. The Labute approximate surface area is 108 Å². The summed E-state index contributed by atoms with van der Waals surface area (Å²) in [5, 5.41) is 12.6. The first-order valence-electron chi connectivity index (χ1n) is 6.14. The van der Waals surface area contributed by atoms with E-state index in [1.54, 1.807) is 0 Å². The monoisotopic (exact) mass is 277 g/mol. The van der Waals surface area contributed by atoms with Crippen LogP contribution in [-0.4, -0.2) is 22.9 Å². The fraction of sp³-hybridized carbons (Fsp3) is 0.538. The molecule has 0 radical (unpaired) electrons. The van der Waals surface area contributed by atoms with Crippen LogP contribution in [-0.2, 0) is 0 Å². The number of rotatable bonds is 2. The molecule has 0 amide bonds. The minimum Gasteiger partial charge on any atom is -0.379 e. The van der Waals surface area contributed by atoms with E-state index in [-0.39, 0.29) is 12.8 Å². The molecule has 0 heterocycles. The van der Waals surface area contributed by atoms with Crippen LogP contribution in [0.1, 0.15) is 25.7 Å². The van der Waals surface area contributed by atoms with E-state index < -0.39 is 23.6 Å². The summed E-state index contributed by atoms with van der Waals surface area (Å²) in [6.45, 7) is 0. The van der Waals surface area contributed by atoms with Gasteiger partial charge in [0.15, 0.2) is 5.60 Å². The smallest absolute Gasteiger partial charge is 0.379 e. The van der Waals surface area contributed by atoms with Gasteiger partial charge in [-0.2, -0.15) is 13.2 Å². The Kier molecular flexibility index (Phi) is 3.71. The first kappa shape index (κ1) is 14.1. The third-order valence-electron chi connectivity index (χ3n) is 3.55. The number of alkyl halides is 3. The van der Waals surface area contributed by atoms with Crippen LogP contribution in [0.15, 0.2) is 24.3 Å². The van der Waals surface area contributed by atoms with Gasteiger partial charge in [0.25, 0.3) is 0 Å². The fourth-order valence-corrected chi connectivity index (χ4v) is 2.43. The van der Waals surface area contributed by atoms with Gasteiger partial charge in [-0.25, -0.2) is 4.39 Å². The fourth-order valence-electron chi connectivity index (χ4n) is 2.43. The van der Waals surface area contributed by atoms with Gasteiger partial charge in [0.1, 0.15) is 5.82 Å². The zero-order valence-corrected chi connectivity index (χ0v) is 10.2. The SMILES string of the molecule is OC1(C(F)(F)F)CCCCC1Nc1ccc(F)cc1. The average Bonchev–Trinajstić information content (AvgIpc) is 2.33. The summed E-state index contributed by atoms with van der Waals surface area (Å²) in [7, 11) is 0. The van der Waals surface area contributed by atoms with Crippen LogP contribution in [0.25, 0.3) is 0 Å². The van der Waals surface area contributed by atoms with Crippen LogP contribution < -0.4 is 5.32 Å². The summed E-state index contributed by atoms with van der Waals surface area (Å²) < 4.78 is 51.7. The highest BCUT2D eigenvalue weighted by atomic mass is 19.4. The van der Waals surface area contributed by atoms with Crippen LogP contribution in [0.5, 0.6) is 0 Å². The lowest BCUT2D eigenvalue weighted by atomic mass is 9.79. The molecule has 2 N–H and O–H groups in total. The molecule has 106 valence electrons. The number of hydrogen-bond acceptors (Lipinski definition) is 2. The molecule has 1 fully saturated rings. The van der Waals surface area contributed by atoms with Crippen LogP contribution in [0, 0.1) is 5.82 Å². The molecule has 0 saturated heterocycles. The molecule has 2 rings (SSSR count). The molecule has 1 aromatic rings. The van der Waals surface area contributed by atoms with E-state index in [0.717, 1.165) is 12.1 Å². The predicted octanol–water partition coefficient (Wildman–Crippen LogP) is 3.47. The highest BCUT2D eigenvalue weighted by molar-refractivity contribution is 5.44. The van der Waals surface area contributed by atoms with E-state index in [1.165, 1.54) is 12.1 Å². The lowest BCUT2D eigenvalue weighted by Gasteiger charge is -2.41. The first-order chi connectivity index (χ1) is 8.83. The predicted molar refractivity (Wildman–Crippen MR) is 63.3 cm³/mol. The molecule has 2 nitrogen and oxygen atoms in total. The van der Waals surface area contributed by atoms with E-state index in [2.05, 4.69) is 5.32 Å². The van der Waals surface area contributed by atoms with Gasteiger partial charge < -0.3 is 10.4 Å². The Bertz CT molecular complexity index is 431. The molecule has 1 saturated carbocycles. The summed E-state index contributed by atoms with van der Waals surface area (Å²) in [5.41, 5.74) is -2.35. The molecule has 2 unspecified atom stereocenters. The number of halogens is 4. The van der Waals surface area contributed by atoms with Gasteiger partial charge in [-0.3, -0.25) is 0 Å². The zero-order chi connectivity index (χ0) is 14.1. The third kappa shape index (κ3) is 2.83. The van der Waals surface area contributed by atoms with Gasteiger partial charge in [0.2, 0.25) is 0 Å². The van der Waals surface area contributed by atoms with Crippen molar-refractivity contribution in [2.24, 2.45) is 0 Å². The summed E-state index contributed by atoms with van der Waals surface area (Å²) in [6, 6.07) is 3.95. The van der Waals surface area contributed by atoms with Crippen LogP contribution in [0.2, 0.25) is 0 Å². The Balaban J connectivity index is 2.19. The molecule has 0 aliphatic heterocycles. The Morgan fingerprint density at radius 1 is 1.16 bits per heavy atom. The summed E-state index contributed by atoms with van der Waals surface area (Å²) in [6.07, 6.45) is -3.79. The van der Waals surface area contributed by atoms with E-state index in [0.29, 0.717) is 18.5 Å². The maximum atomic E-state index is 13.0. The van der Waals surface area contributed by atoms with E-state index >= 15 is 0 Å². The van der Waals surface area contributed by atoms with Gasteiger partial charge in [0.05, 0.1) is 6.04 Å². The van der Waals surface area contributed by atoms with Gasteiger partial charge in [0, 0.05) is 5.69 Å². The van der Waals surface area contributed by atoms with Gasteiger partial charge in [-0.05, 0) is 37.1 Å². The number of aliphatic hydroxyl groups is 1. The third-order valence-corrected chi connectivity index (χ3v) is 3.55. The number of anilines is 1. The molecule has 6 heteroatoms. The maximum Gasteiger partial charge on any atom is 0.419 e. The molecule has 1 aromatic carbocycles. The Morgan fingerprint density at radius 3 is 2.37 bits per heavy atom. The summed E-state index contributed by atoms with van der Waals surface area (Å²) in [4.78, 5) is 0. The standard InChI is InChI=1S/C13H15F4NO/c14-9-4-6-10(7-5-9)18-11-3-1-2-8-12(11,19)13(15,16)17/h4-7,11,18-19H,1-3,8H2. The highest BCUT2D eigenvalue weighted by Gasteiger charge is 2.59. The molecular weight excluding hydrogens is 262 g/mol. The molecule has 0 bridgehead atoms. The van der Waals surface area contributed by atoms with Crippen molar-refractivity contribution in [2.45, 2.75) is 43.5 Å². The quantitative estimate of drug-likeness (QED) is 0.811. The number of hydrogen-bond donors (Lipinski definition) is 2. The molecule has 19 heavy (non-hydrogen) atoms. The van der Waals surface area contributed by atoms with Crippen molar-refractivity contribution in [3.8, 4) is 0 Å². The topological polar surface area (TPSA) is 32.3 Å². The normalized spacial score (nSPS) is 28.2. The van der Waals surface area contributed by atoms with E-state index in [9.17, 15) is 22.7 Å². The van der Waals surface area contributed by atoms with Crippen molar-refractivity contribution in [3.63, 3.8) is 0 Å². The molecule has 1 aliphatic rings. The minimum atomic E-state index is -4.68. The first-order valence-corrected chi connectivity index (χ1v) is 6.14. The highest BCUT2D eigenvalue weighted by Crippen LogP contribution is 2.42. The van der Waals surface area contributed by atoms with Crippen molar-refractivity contribution in [3.05, 3.63) is 30.1 Å². The Morgan fingerprint density at radius 2 is 1.79 bits per heavy atom. The van der Waals surface area contributed by atoms with Gasteiger partial charge >= 0.3 is 6.18 Å². The Hall–Kier alpha value is -1.30. The lowest BCUT2D eigenvalue weighted by Crippen LogP contribution is -2.58. The lowest BCUT2D eigenvalue weighted by molar-refractivity contribution is -0.272. The van der Waals surface area contributed by atoms with Crippen molar-refractivity contribution >= 4 is 5.69 Å². The average molecular weight is 277 g/mol. The molecule has 0 aromatic heterocycles. The van der Waals surface area contributed by atoms with E-state index in [1.807, 2.05) is 0 Å². The van der Waals surface area contributed by atoms with Gasteiger partial charge in [-0.1, -0.05) is 12.8 Å². The van der Waals surface area contributed by atoms with Gasteiger partial charge in [-0.15, -0.1) is 0 Å². The van der Waals surface area contributed by atoms with Crippen LogP contribution in [0.3, 0.4) is 0 Å². The van der Waals surface area contributed by atoms with Crippen molar-refractivity contribution in [1.29, 1.82) is 0 Å². The van der Waals surface area contributed by atoms with Crippen LogP contribution >= 0.6 is 0 Å². The van der Waals surface area contributed by atoms with Crippen LogP contribution in [0.4, 0.5) is 23.2 Å². The molecule has 2 atom stereocenters. The minimum absolute atomic E-state index is 0.230. The maximum absolute atomic E-state index is 13.0. The van der Waals surface area contributed by atoms with E-state index in [4.69, 9.17) is 0 Å². The van der Waals surface area contributed by atoms with Crippen molar-refractivity contribution in [2.75, 3.05) is 5.32 Å².